The van der Waals surface area contributed by atoms with Crippen molar-refractivity contribution >= 4 is 5.91 Å². The summed E-state index contributed by atoms with van der Waals surface area (Å²) in [5, 5.41) is 8.09. The molecule has 0 aromatic carbocycles. The summed E-state index contributed by atoms with van der Waals surface area (Å²) in [5.41, 5.74) is -0.00279. The van der Waals surface area contributed by atoms with Gasteiger partial charge in [-0.1, -0.05) is 0 Å². The zero-order chi connectivity index (χ0) is 15.2. The highest BCUT2D eigenvalue weighted by Crippen LogP contribution is 2.43. The Balaban J connectivity index is 1.64. The lowest BCUT2D eigenvalue weighted by molar-refractivity contribution is 0.0732. The quantitative estimate of drug-likeness (QED) is 0.782. The van der Waals surface area contributed by atoms with Crippen LogP contribution in [0.4, 0.5) is 0 Å². The van der Waals surface area contributed by atoms with Crippen molar-refractivity contribution in [3.63, 3.8) is 0 Å². The van der Waals surface area contributed by atoms with Gasteiger partial charge in [0.05, 0.1) is 18.6 Å². The molecule has 8 heteroatoms. The highest BCUT2D eigenvalue weighted by atomic mass is 16.5. The van der Waals surface area contributed by atoms with E-state index < -0.39 is 5.41 Å². The Labute approximate surface area is 126 Å². The Morgan fingerprint density at radius 2 is 2.36 bits per heavy atom. The zero-order valence-electron chi connectivity index (χ0n) is 12.1. The van der Waals surface area contributed by atoms with Gasteiger partial charge in [-0.2, -0.15) is 0 Å². The maximum Gasteiger partial charge on any atom is 0.272 e. The Morgan fingerprint density at radius 3 is 3.09 bits per heavy atom. The third-order valence-electron chi connectivity index (χ3n) is 4.41. The summed E-state index contributed by atoms with van der Waals surface area (Å²) < 4.78 is 11.3. The summed E-state index contributed by atoms with van der Waals surface area (Å²) in [6.45, 7) is 3.95. The number of hydrogen-bond acceptors (Lipinski definition) is 7. The number of ether oxygens (including phenoxy) is 1. The van der Waals surface area contributed by atoms with E-state index in [-0.39, 0.29) is 11.8 Å². The van der Waals surface area contributed by atoms with E-state index in [0.717, 1.165) is 0 Å². The van der Waals surface area contributed by atoms with Gasteiger partial charge in [-0.25, -0.2) is 9.97 Å². The molecule has 4 heterocycles. The molecule has 0 N–H and O–H groups in total. The Bertz CT molecular complexity index is 704. The topological polar surface area (TPSA) is 94.2 Å². The standard InChI is InChI=1S/C14H15N5O3/c1-9-17-18-13(22-9)14-6-19(4-10(14)5-21-7-14)12(20)11-2-3-15-8-16-11/h2-3,8,10H,4-7H2,1H3/t10-,14-/m1/s1. The molecular formula is C14H15N5O3. The fourth-order valence-corrected chi connectivity index (χ4v) is 3.27. The first-order chi connectivity index (χ1) is 10.7. The molecule has 0 bridgehead atoms. The van der Waals surface area contributed by atoms with Crippen LogP contribution in [0.15, 0.2) is 23.0 Å². The zero-order valence-corrected chi connectivity index (χ0v) is 12.1. The number of carbonyl (C=O) groups excluding carboxylic acids is 1. The molecule has 0 unspecified atom stereocenters. The van der Waals surface area contributed by atoms with Crippen LogP contribution in [0.1, 0.15) is 22.3 Å². The average Bonchev–Trinajstić information content (AvgIpc) is 3.20. The van der Waals surface area contributed by atoms with E-state index in [4.69, 9.17) is 9.15 Å². The Hall–Kier alpha value is -2.35. The van der Waals surface area contributed by atoms with Gasteiger partial charge in [0.25, 0.3) is 5.91 Å². The van der Waals surface area contributed by atoms with Crippen molar-refractivity contribution in [3.05, 3.63) is 36.1 Å². The number of rotatable bonds is 2. The summed E-state index contributed by atoms with van der Waals surface area (Å²) in [5.74, 6) is 1.15. The molecule has 0 aliphatic carbocycles. The van der Waals surface area contributed by atoms with Gasteiger partial charge in [0.2, 0.25) is 11.8 Å². The van der Waals surface area contributed by atoms with Crippen LogP contribution in [-0.2, 0) is 10.2 Å². The molecule has 2 aliphatic rings. The highest BCUT2D eigenvalue weighted by Gasteiger charge is 2.56. The van der Waals surface area contributed by atoms with Gasteiger partial charge < -0.3 is 14.1 Å². The van der Waals surface area contributed by atoms with Crippen LogP contribution >= 0.6 is 0 Å². The SMILES string of the molecule is Cc1nnc([C@]23COC[C@H]2CN(C(=O)c2ccncn2)C3)o1. The largest absolute Gasteiger partial charge is 0.425 e. The van der Waals surface area contributed by atoms with E-state index in [0.29, 0.717) is 43.8 Å². The summed E-state index contributed by atoms with van der Waals surface area (Å²) in [6, 6.07) is 1.62. The summed E-state index contributed by atoms with van der Waals surface area (Å²) in [7, 11) is 0. The number of likely N-dealkylation sites (tertiary alicyclic amines) is 1. The summed E-state index contributed by atoms with van der Waals surface area (Å²) >= 11 is 0. The molecule has 2 fully saturated rings. The first kappa shape index (κ1) is 13.3. The minimum Gasteiger partial charge on any atom is -0.425 e. The molecule has 114 valence electrons. The van der Waals surface area contributed by atoms with Crippen LogP contribution < -0.4 is 0 Å². The van der Waals surface area contributed by atoms with E-state index >= 15 is 0 Å². The average molecular weight is 301 g/mol. The fraction of sp³-hybridized carbons (Fsp3) is 0.500. The lowest BCUT2D eigenvalue weighted by Crippen LogP contribution is -2.37. The molecule has 2 aromatic heterocycles. The third-order valence-corrected chi connectivity index (χ3v) is 4.41. The molecule has 0 radical (unpaired) electrons. The predicted molar refractivity (Wildman–Crippen MR) is 73.0 cm³/mol. The number of aryl methyl sites for hydroxylation is 1. The van der Waals surface area contributed by atoms with Gasteiger partial charge in [0, 0.05) is 32.1 Å². The number of amides is 1. The number of nitrogens with zero attached hydrogens (tertiary/aromatic N) is 5. The maximum absolute atomic E-state index is 12.6. The molecule has 0 spiro atoms. The molecule has 2 saturated heterocycles. The van der Waals surface area contributed by atoms with Gasteiger partial charge in [-0.15, -0.1) is 10.2 Å². The van der Waals surface area contributed by atoms with Gasteiger partial charge in [-0.05, 0) is 6.07 Å². The van der Waals surface area contributed by atoms with Crippen molar-refractivity contribution < 1.29 is 13.9 Å². The van der Waals surface area contributed by atoms with Crippen LogP contribution in [0, 0.1) is 12.8 Å². The van der Waals surface area contributed by atoms with Crippen molar-refractivity contribution in [1.82, 2.24) is 25.1 Å². The predicted octanol–water partition coefficient (Wildman–Crippen LogP) is 0.208. The van der Waals surface area contributed by atoms with Crippen LogP contribution in [0.3, 0.4) is 0 Å². The van der Waals surface area contributed by atoms with E-state index in [2.05, 4.69) is 20.2 Å². The minimum atomic E-state index is -0.399. The monoisotopic (exact) mass is 301 g/mol. The third kappa shape index (κ3) is 1.91. The lowest BCUT2D eigenvalue weighted by Gasteiger charge is -2.22. The van der Waals surface area contributed by atoms with E-state index in [1.165, 1.54) is 6.33 Å². The van der Waals surface area contributed by atoms with Gasteiger partial charge in [-0.3, -0.25) is 4.79 Å². The molecule has 2 aromatic rings. The van der Waals surface area contributed by atoms with Crippen molar-refractivity contribution in [1.29, 1.82) is 0 Å². The van der Waals surface area contributed by atoms with Crippen LogP contribution in [0.25, 0.3) is 0 Å². The smallest absolute Gasteiger partial charge is 0.272 e. The van der Waals surface area contributed by atoms with Crippen LogP contribution in [0.5, 0.6) is 0 Å². The Kier molecular flexibility index (Phi) is 2.93. The fourth-order valence-electron chi connectivity index (χ4n) is 3.27. The molecule has 1 amide bonds. The van der Waals surface area contributed by atoms with E-state index in [1.807, 2.05) is 0 Å². The first-order valence-corrected chi connectivity index (χ1v) is 7.13. The van der Waals surface area contributed by atoms with Crippen molar-refractivity contribution in [2.24, 2.45) is 5.92 Å². The normalized spacial score (nSPS) is 27.1. The van der Waals surface area contributed by atoms with Crippen LogP contribution in [0.2, 0.25) is 0 Å². The first-order valence-electron chi connectivity index (χ1n) is 7.13. The highest BCUT2D eigenvalue weighted by molar-refractivity contribution is 5.92. The Morgan fingerprint density at radius 1 is 1.45 bits per heavy atom. The van der Waals surface area contributed by atoms with E-state index in [9.17, 15) is 4.79 Å². The van der Waals surface area contributed by atoms with Crippen molar-refractivity contribution in [2.45, 2.75) is 12.3 Å². The number of carbonyl (C=O) groups is 1. The van der Waals surface area contributed by atoms with Crippen LogP contribution in [-0.4, -0.2) is 57.3 Å². The van der Waals surface area contributed by atoms with E-state index in [1.54, 1.807) is 24.1 Å². The molecule has 0 saturated carbocycles. The molecule has 22 heavy (non-hydrogen) atoms. The molecule has 2 aliphatic heterocycles. The van der Waals surface area contributed by atoms with Gasteiger partial charge >= 0.3 is 0 Å². The van der Waals surface area contributed by atoms with Gasteiger partial charge in [0.1, 0.15) is 12.0 Å². The maximum atomic E-state index is 12.6. The minimum absolute atomic E-state index is 0.104. The lowest BCUT2D eigenvalue weighted by atomic mass is 9.81. The second-order valence-electron chi connectivity index (χ2n) is 5.77. The second kappa shape index (κ2) is 4.84. The molecule has 4 rings (SSSR count). The number of fused-ring (bicyclic) bond motifs is 1. The molecule has 8 nitrogen and oxygen atoms in total. The van der Waals surface area contributed by atoms with Crippen molar-refractivity contribution in [2.75, 3.05) is 26.3 Å². The second-order valence-corrected chi connectivity index (χ2v) is 5.77. The number of hydrogen-bond donors (Lipinski definition) is 0. The van der Waals surface area contributed by atoms with Crippen molar-refractivity contribution in [3.8, 4) is 0 Å². The molecule has 2 atom stereocenters. The molecular weight excluding hydrogens is 286 g/mol. The van der Waals surface area contributed by atoms with Gasteiger partial charge in [0.15, 0.2) is 0 Å². The summed E-state index contributed by atoms with van der Waals surface area (Å²) in [4.78, 5) is 22.2. The number of aromatic nitrogens is 4. The summed E-state index contributed by atoms with van der Waals surface area (Å²) in [6.07, 6.45) is 2.95.